The second-order valence-corrected chi connectivity index (χ2v) is 4.86. The molecule has 0 fully saturated rings. The Labute approximate surface area is 107 Å². The highest BCUT2D eigenvalue weighted by Gasteiger charge is 2.27. The highest BCUT2D eigenvalue weighted by molar-refractivity contribution is 5.90. The van der Waals surface area contributed by atoms with E-state index in [0.717, 1.165) is 38.2 Å². The van der Waals surface area contributed by atoms with E-state index in [2.05, 4.69) is 10.3 Å². The first-order chi connectivity index (χ1) is 8.79. The number of methoxy groups -OCH3 is 1. The van der Waals surface area contributed by atoms with Crippen LogP contribution < -0.4 is 10.1 Å². The molecule has 0 aromatic heterocycles. The van der Waals surface area contributed by atoms with Gasteiger partial charge in [-0.3, -0.25) is 4.99 Å². The van der Waals surface area contributed by atoms with Gasteiger partial charge in [0.25, 0.3) is 0 Å². The van der Waals surface area contributed by atoms with Gasteiger partial charge in [0.1, 0.15) is 5.84 Å². The number of aliphatic imine (C=N–C) groups is 1. The van der Waals surface area contributed by atoms with Crippen LogP contribution in [0.25, 0.3) is 0 Å². The summed E-state index contributed by atoms with van der Waals surface area (Å²) in [5, 5.41) is 13.3. The Morgan fingerprint density at radius 1 is 1.44 bits per heavy atom. The molecule has 1 aliphatic carbocycles. The van der Waals surface area contributed by atoms with E-state index in [-0.39, 0.29) is 5.75 Å². The van der Waals surface area contributed by atoms with Gasteiger partial charge in [-0.1, -0.05) is 0 Å². The first-order valence-corrected chi connectivity index (χ1v) is 6.47. The van der Waals surface area contributed by atoms with Crippen LogP contribution in [0.2, 0.25) is 0 Å². The highest BCUT2D eigenvalue weighted by Crippen LogP contribution is 2.39. The number of aromatic hydroxyl groups is 1. The summed E-state index contributed by atoms with van der Waals surface area (Å²) in [6.07, 6.45) is 3.31. The van der Waals surface area contributed by atoms with Crippen LogP contribution in [0.3, 0.4) is 0 Å². The molecule has 1 aromatic carbocycles. The van der Waals surface area contributed by atoms with Crippen LogP contribution in [0.15, 0.2) is 17.1 Å². The van der Waals surface area contributed by atoms with Crippen molar-refractivity contribution in [2.75, 3.05) is 20.2 Å². The molecule has 0 bridgehead atoms. The Hall–Kier alpha value is -1.71. The normalized spacial score (nSPS) is 22.1. The molecule has 1 heterocycles. The van der Waals surface area contributed by atoms with Gasteiger partial charge >= 0.3 is 0 Å². The molecule has 96 valence electrons. The zero-order chi connectivity index (χ0) is 12.5. The molecule has 0 radical (unpaired) electrons. The number of hydrogen-bond acceptors (Lipinski definition) is 4. The van der Waals surface area contributed by atoms with Crippen LogP contribution in [0.1, 0.15) is 29.9 Å². The summed E-state index contributed by atoms with van der Waals surface area (Å²) >= 11 is 0. The van der Waals surface area contributed by atoms with E-state index in [1.54, 1.807) is 7.11 Å². The number of ether oxygens (including phenoxy) is 1. The SMILES string of the molecule is COc1cc2c(cc1O)C(C1=NCCN1)CCC2. The van der Waals surface area contributed by atoms with Crippen molar-refractivity contribution < 1.29 is 9.84 Å². The Morgan fingerprint density at radius 2 is 2.33 bits per heavy atom. The standard InChI is InChI=1S/C14H18N2O2/c1-18-13-7-9-3-2-4-10(11(9)8-12(13)17)14-15-5-6-16-14/h7-8,10,17H,2-6H2,1H3,(H,15,16). The second kappa shape index (κ2) is 4.52. The Kier molecular flexibility index (Phi) is 2.86. The molecule has 4 nitrogen and oxygen atoms in total. The third-order valence-electron chi connectivity index (χ3n) is 3.79. The minimum absolute atomic E-state index is 0.224. The lowest BCUT2D eigenvalue weighted by atomic mass is 9.81. The van der Waals surface area contributed by atoms with Crippen molar-refractivity contribution in [3.63, 3.8) is 0 Å². The van der Waals surface area contributed by atoms with E-state index in [1.807, 2.05) is 12.1 Å². The fourth-order valence-corrected chi connectivity index (χ4v) is 2.92. The fraction of sp³-hybridized carbons (Fsp3) is 0.500. The molecule has 0 spiro atoms. The third-order valence-corrected chi connectivity index (χ3v) is 3.79. The number of nitrogens with one attached hydrogen (secondary N) is 1. The lowest BCUT2D eigenvalue weighted by molar-refractivity contribution is 0.371. The summed E-state index contributed by atoms with van der Waals surface area (Å²) in [5.74, 6) is 2.19. The maximum atomic E-state index is 9.94. The van der Waals surface area contributed by atoms with E-state index >= 15 is 0 Å². The lowest BCUT2D eigenvalue weighted by Crippen LogP contribution is -2.28. The van der Waals surface area contributed by atoms with Gasteiger partial charge in [-0.15, -0.1) is 0 Å². The molecule has 0 saturated heterocycles. The maximum absolute atomic E-state index is 9.94. The zero-order valence-corrected chi connectivity index (χ0v) is 10.6. The van der Waals surface area contributed by atoms with Gasteiger partial charge in [-0.25, -0.2) is 0 Å². The summed E-state index contributed by atoms with van der Waals surface area (Å²) < 4.78 is 5.18. The van der Waals surface area contributed by atoms with Crippen LogP contribution in [0.5, 0.6) is 11.5 Å². The Bertz CT molecular complexity index is 497. The molecule has 2 aliphatic rings. The minimum Gasteiger partial charge on any atom is -0.504 e. The van der Waals surface area contributed by atoms with Crippen molar-refractivity contribution in [2.24, 2.45) is 4.99 Å². The van der Waals surface area contributed by atoms with Gasteiger partial charge in [0.2, 0.25) is 0 Å². The average molecular weight is 246 g/mol. The fourth-order valence-electron chi connectivity index (χ4n) is 2.92. The van der Waals surface area contributed by atoms with E-state index in [0.29, 0.717) is 11.7 Å². The molecule has 1 aliphatic heterocycles. The van der Waals surface area contributed by atoms with Gasteiger partial charge in [-0.2, -0.15) is 0 Å². The number of amidine groups is 1. The van der Waals surface area contributed by atoms with E-state index in [1.165, 1.54) is 11.1 Å². The number of hydrogen-bond donors (Lipinski definition) is 2. The number of fused-ring (bicyclic) bond motifs is 1. The van der Waals surface area contributed by atoms with Crippen molar-refractivity contribution in [3.05, 3.63) is 23.3 Å². The van der Waals surface area contributed by atoms with Crippen LogP contribution in [0, 0.1) is 0 Å². The van der Waals surface area contributed by atoms with Crippen molar-refractivity contribution in [2.45, 2.75) is 25.2 Å². The topological polar surface area (TPSA) is 53.9 Å². The summed E-state index contributed by atoms with van der Waals surface area (Å²) in [7, 11) is 1.59. The molecule has 18 heavy (non-hydrogen) atoms. The van der Waals surface area contributed by atoms with Gasteiger partial charge < -0.3 is 15.2 Å². The van der Waals surface area contributed by atoms with Crippen LogP contribution in [-0.4, -0.2) is 31.1 Å². The quantitative estimate of drug-likeness (QED) is 0.837. The minimum atomic E-state index is 0.224. The largest absolute Gasteiger partial charge is 0.504 e. The lowest BCUT2D eigenvalue weighted by Gasteiger charge is -2.26. The Morgan fingerprint density at radius 3 is 3.06 bits per heavy atom. The predicted octanol–water partition coefficient (Wildman–Crippen LogP) is 1.82. The Balaban J connectivity index is 2.02. The van der Waals surface area contributed by atoms with Crippen LogP contribution in [-0.2, 0) is 6.42 Å². The van der Waals surface area contributed by atoms with E-state index < -0.39 is 0 Å². The van der Waals surface area contributed by atoms with Crippen molar-refractivity contribution in [3.8, 4) is 11.5 Å². The molecule has 3 rings (SSSR count). The first-order valence-electron chi connectivity index (χ1n) is 6.47. The maximum Gasteiger partial charge on any atom is 0.160 e. The number of phenolic OH excluding ortho intramolecular Hbond substituents is 1. The smallest absolute Gasteiger partial charge is 0.160 e. The molecule has 1 atom stereocenters. The zero-order valence-electron chi connectivity index (χ0n) is 10.6. The third kappa shape index (κ3) is 1.82. The number of aryl methyl sites for hydroxylation is 1. The molecule has 1 aromatic rings. The van der Waals surface area contributed by atoms with Crippen LogP contribution in [0.4, 0.5) is 0 Å². The number of benzene rings is 1. The van der Waals surface area contributed by atoms with Gasteiger partial charge in [-0.05, 0) is 42.5 Å². The first kappa shape index (κ1) is 11.4. The molecule has 4 heteroatoms. The van der Waals surface area contributed by atoms with Crippen molar-refractivity contribution >= 4 is 5.84 Å². The summed E-state index contributed by atoms with van der Waals surface area (Å²) in [4.78, 5) is 4.52. The highest BCUT2D eigenvalue weighted by atomic mass is 16.5. The summed E-state index contributed by atoms with van der Waals surface area (Å²) in [5.41, 5.74) is 2.48. The van der Waals surface area contributed by atoms with Gasteiger partial charge in [0.15, 0.2) is 11.5 Å². The van der Waals surface area contributed by atoms with E-state index in [4.69, 9.17) is 4.74 Å². The van der Waals surface area contributed by atoms with Crippen LogP contribution >= 0.6 is 0 Å². The average Bonchev–Trinajstić information content (AvgIpc) is 2.91. The molecule has 0 saturated carbocycles. The molecule has 1 unspecified atom stereocenters. The molecular weight excluding hydrogens is 228 g/mol. The van der Waals surface area contributed by atoms with E-state index in [9.17, 15) is 5.11 Å². The summed E-state index contributed by atoms with van der Waals surface area (Å²) in [6.45, 7) is 1.80. The van der Waals surface area contributed by atoms with Gasteiger partial charge in [0, 0.05) is 12.5 Å². The van der Waals surface area contributed by atoms with Crippen molar-refractivity contribution in [1.82, 2.24) is 5.32 Å². The predicted molar refractivity (Wildman–Crippen MR) is 70.6 cm³/mol. The number of nitrogens with zero attached hydrogens (tertiary/aromatic N) is 1. The van der Waals surface area contributed by atoms with Gasteiger partial charge in [0.05, 0.1) is 13.7 Å². The number of phenols is 1. The molecule has 2 N–H and O–H groups in total. The van der Waals surface area contributed by atoms with Crippen molar-refractivity contribution in [1.29, 1.82) is 0 Å². The second-order valence-electron chi connectivity index (χ2n) is 4.86. The molecular formula is C14H18N2O2. The monoisotopic (exact) mass is 246 g/mol. The summed E-state index contributed by atoms with van der Waals surface area (Å²) in [6, 6.07) is 3.81. The number of rotatable bonds is 2. The molecule has 0 amide bonds.